The number of nitrogens with one attached hydrogen (secondary N) is 1. The highest BCUT2D eigenvalue weighted by Crippen LogP contribution is 2.59. The Labute approximate surface area is 171 Å². The molecule has 7 heteroatoms. The van der Waals surface area contributed by atoms with E-state index in [4.69, 9.17) is 4.74 Å². The summed E-state index contributed by atoms with van der Waals surface area (Å²) >= 11 is 1.82. The Morgan fingerprint density at radius 3 is 2.64 bits per heavy atom. The van der Waals surface area contributed by atoms with E-state index in [1.54, 1.807) is 4.90 Å². The molecule has 1 atom stereocenters. The van der Waals surface area contributed by atoms with Crippen molar-refractivity contribution in [2.75, 3.05) is 32.8 Å². The van der Waals surface area contributed by atoms with Gasteiger partial charge in [-0.25, -0.2) is 4.79 Å². The fraction of sp³-hybridized carbons (Fsp3) is 0.714. The topological polar surface area (TPSA) is 61.9 Å². The third-order valence-electron chi connectivity index (χ3n) is 6.68. The van der Waals surface area contributed by atoms with Gasteiger partial charge in [0.2, 0.25) is 5.91 Å². The average molecular weight is 406 g/mol. The van der Waals surface area contributed by atoms with E-state index in [9.17, 15) is 9.59 Å². The monoisotopic (exact) mass is 405 g/mol. The van der Waals surface area contributed by atoms with E-state index in [0.717, 1.165) is 51.7 Å². The molecular formula is C21H31N3O3S. The third kappa shape index (κ3) is 4.35. The molecule has 1 aromatic rings. The molecule has 0 radical (unpaired) electrons. The molecular weight excluding hydrogens is 374 g/mol. The van der Waals surface area contributed by atoms with E-state index in [1.807, 2.05) is 18.3 Å². The number of nitrogens with zero attached hydrogens (tertiary/aromatic N) is 2. The number of thiophene rings is 1. The molecule has 3 aliphatic rings. The van der Waals surface area contributed by atoms with Gasteiger partial charge in [-0.05, 0) is 69.0 Å². The summed E-state index contributed by atoms with van der Waals surface area (Å²) in [5, 5.41) is 5.40. The van der Waals surface area contributed by atoms with E-state index in [2.05, 4.69) is 27.7 Å². The first kappa shape index (κ1) is 19.7. The standard InChI is InChI=1S/C21H31N3O3S/c1-2-27-20(26)24-9-5-16(6-10-24)22-19(25)18-14-21(18)7-11-23(12-8-21)15-17-4-3-13-28-17/h3-4,13,16,18H,2,5-12,14-15H2,1H3,(H,22,25)/t18-/m1/s1. The van der Waals surface area contributed by atoms with E-state index < -0.39 is 0 Å². The van der Waals surface area contributed by atoms with E-state index in [1.165, 1.54) is 4.88 Å². The van der Waals surface area contributed by atoms with E-state index in [0.29, 0.717) is 19.7 Å². The Hall–Kier alpha value is -1.60. The van der Waals surface area contributed by atoms with Crippen molar-refractivity contribution in [3.63, 3.8) is 0 Å². The first-order valence-corrected chi connectivity index (χ1v) is 11.4. The maximum absolute atomic E-state index is 12.8. The van der Waals surface area contributed by atoms with Crippen molar-refractivity contribution < 1.29 is 14.3 Å². The summed E-state index contributed by atoms with van der Waals surface area (Å²) in [5.74, 6) is 0.431. The van der Waals surface area contributed by atoms with Gasteiger partial charge in [-0.2, -0.15) is 0 Å². The number of carbonyl (C=O) groups is 2. The summed E-state index contributed by atoms with van der Waals surface area (Å²) in [6.07, 6.45) is 4.73. The van der Waals surface area contributed by atoms with Crippen molar-refractivity contribution in [1.29, 1.82) is 0 Å². The summed E-state index contributed by atoms with van der Waals surface area (Å²) in [6, 6.07) is 4.51. The van der Waals surface area contributed by atoms with Crippen molar-refractivity contribution in [1.82, 2.24) is 15.1 Å². The van der Waals surface area contributed by atoms with Gasteiger partial charge in [0.1, 0.15) is 0 Å². The Kier molecular flexibility index (Phi) is 5.92. The zero-order chi connectivity index (χ0) is 19.6. The largest absolute Gasteiger partial charge is 0.450 e. The maximum Gasteiger partial charge on any atom is 0.409 e. The Morgan fingerprint density at radius 1 is 1.25 bits per heavy atom. The van der Waals surface area contributed by atoms with Gasteiger partial charge in [-0.15, -0.1) is 11.3 Å². The van der Waals surface area contributed by atoms with E-state index in [-0.39, 0.29) is 29.4 Å². The highest BCUT2D eigenvalue weighted by atomic mass is 32.1. The minimum absolute atomic E-state index is 0.190. The summed E-state index contributed by atoms with van der Waals surface area (Å²) in [7, 11) is 0. The van der Waals surface area contributed by atoms with Crippen LogP contribution in [0, 0.1) is 11.3 Å². The van der Waals surface area contributed by atoms with Gasteiger partial charge in [0, 0.05) is 36.5 Å². The number of ether oxygens (including phenoxy) is 1. The minimum Gasteiger partial charge on any atom is -0.450 e. The molecule has 0 unspecified atom stereocenters. The second-order valence-electron chi connectivity index (χ2n) is 8.44. The summed E-state index contributed by atoms with van der Waals surface area (Å²) in [5.41, 5.74) is 0.252. The number of hydrogen-bond acceptors (Lipinski definition) is 5. The Morgan fingerprint density at radius 2 is 2.00 bits per heavy atom. The van der Waals surface area contributed by atoms with Crippen LogP contribution in [0.3, 0.4) is 0 Å². The molecule has 1 N–H and O–H groups in total. The van der Waals surface area contributed by atoms with Crippen LogP contribution in [-0.4, -0.2) is 60.6 Å². The zero-order valence-electron chi connectivity index (χ0n) is 16.7. The van der Waals surface area contributed by atoms with Gasteiger partial charge in [0.05, 0.1) is 6.61 Å². The fourth-order valence-corrected chi connectivity index (χ4v) is 5.52. The predicted octanol–water partition coefficient (Wildman–Crippen LogP) is 3.09. The van der Waals surface area contributed by atoms with Crippen LogP contribution in [0.2, 0.25) is 0 Å². The fourth-order valence-electron chi connectivity index (χ4n) is 4.77. The Bertz CT molecular complexity index is 677. The first-order valence-electron chi connectivity index (χ1n) is 10.6. The quantitative estimate of drug-likeness (QED) is 0.818. The number of rotatable bonds is 5. The molecule has 1 saturated carbocycles. The molecule has 1 spiro atoms. The van der Waals surface area contributed by atoms with Crippen LogP contribution < -0.4 is 5.32 Å². The predicted molar refractivity (Wildman–Crippen MR) is 109 cm³/mol. The smallest absolute Gasteiger partial charge is 0.409 e. The SMILES string of the molecule is CCOC(=O)N1CCC(NC(=O)[C@H]2CC23CCN(Cc2cccs2)CC3)CC1. The second kappa shape index (κ2) is 8.41. The van der Waals surface area contributed by atoms with Crippen LogP contribution in [-0.2, 0) is 16.1 Å². The van der Waals surface area contributed by atoms with Crippen molar-refractivity contribution in [2.24, 2.45) is 11.3 Å². The number of amides is 2. The number of piperidine rings is 2. The van der Waals surface area contributed by atoms with Gasteiger partial charge in [-0.3, -0.25) is 9.69 Å². The van der Waals surface area contributed by atoms with Crippen LogP contribution >= 0.6 is 11.3 Å². The summed E-state index contributed by atoms with van der Waals surface area (Å²) < 4.78 is 5.06. The minimum atomic E-state index is -0.234. The highest BCUT2D eigenvalue weighted by Gasteiger charge is 2.58. The van der Waals surface area contributed by atoms with Crippen molar-refractivity contribution in [3.8, 4) is 0 Å². The van der Waals surface area contributed by atoms with Crippen LogP contribution in [0.1, 0.15) is 43.9 Å². The lowest BCUT2D eigenvalue weighted by atomic mass is 9.90. The van der Waals surface area contributed by atoms with E-state index >= 15 is 0 Å². The van der Waals surface area contributed by atoms with Crippen LogP contribution in [0.15, 0.2) is 17.5 Å². The zero-order valence-corrected chi connectivity index (χ0v) is 17.5. The summed E-state index contributed by atoms with van der Waals surface area (Å²) in [6.45, 7) is 6.80. The lowest BCUT2D eigenvalue weighted by molar-refractivity contribution is -0.124. The molecule has 154 valence electrons. The van der Waals surface area contributed by atoms with Crippen LogP contribution in [0.25, 0.3) is 0 Å². The third-order valence-corrected chi connectivity index (χ3v) is 7.55. The van der Waals surface area contributed by atoms with Crippen molar-refractivity contribution >= 4 is 23.3 Å². The lowest BCUT2D eigenvalue weighted by Crippen LogP contribution is -2.47. The van der Waals surface area contributed by atoms with Crippen LogP contribution in [0.4, 0.5) is 4.79 Å². The highest BCUT2D eigenvalue weighted by molar-refractivity contribution is 7.09. The molecule has 28 heavy (non-hydrogen) atoms. The van der Waals surface area contributed by atoms with Gasteiger partial charge in [0.25, 0.3) is 0 Å². The van der Waals surface area contributed by atoms with Gasteiger partial charge < -0.3 is 15.0 Å². The Balaban J connectivity index is 1.19. The maximum atomic E-state index is 12.8. The number of hydrogen-bond donors (Lipinski definition) is 1. The lowest BCUT2D eigenvalue weighted by Gasteiger charge is -2.33. The molecule has 4 rings (SSSR count). The molecule has 1 aromatic heterocycles. The molecule has 6 nitrogen and oxygen atoms in total. The summed E-state index contributed by atoms with van der Waals surface area (Å²) in [4.78, 5) is 30.3. The molecule has 2 aliphatic heterocycles. The number of likely N-dealkylation sites (tertiary alicyclic amines) is 2. The molecule has 3 heterocycles. The van der Waals surface area contributed by atoms with Crippen molar-refractivity contribution in [2.45, 2.75) is 51.6 Å². The van der Waals surface area contributed by atoms with Gasteiger partial charge in [0.15, 0.2) is 0 Å². The molecule has 2 saturated heterocycles. The molecule has 0 bridgehead atoms. The molecule has 1 aliphatic carbocycles. The molecule has 3 fully saturated rings. The molecule has 0 aromatic carbocycles. The average Bonchev–Trinajstić information content (AvgIpc) is 3.15. The van der Waals surface area contributed by atoms with Crippen LogP contribution in [0.5, 0.6) is 0 Å². The van der Waals surface area contributed by atoms with Gasteiger partial charge in [-0.1, -0.05) is 6.07 Å². The normalized spacial score (nSPS) is 24.9. The molecule has 2 amide bonds. The second-order valence-corrected chi connectivity index (χ2v) is 9.48. The van der Waals surface area contributed by atoms with Gasteiger partial charge >= 0.3 is 6.09 Å². The van der Waals surface area contributed by atoms with Crippen molar-refractivity contribution in [3.05, 3.63) is 22.4 Å². The number of carbonyl (C=O) groups excluding carboxylic acids is 2. The first-order chi connectivity index (χ1) is 13.6.